The Balaban J connectivity index is 2.48. The number of nitrogens with zero attached hydrogens (tertiary/aromatic N) is 7. The van der Waals surface area contributed by atoms with Crippen molar-refractivity contribution in [1.82, 2.24) is 30.0 Å². The number of hydrogen-bond donors (Lipinski definition) is 0. The Hall–Kier alpha value is -2.63. The number of carbonyl (C=O) groups is 1. The zero-order valence-corrected chi connectivity index (χ0v) is 7.07. The highest BCUT2D eigenvalue weighted by Gasteiger charge is 2.19. The molecule has 0 unspecified atom stereocenters. The van der Waals surface area contributed by atoms with Gasteiger partial charge in [-0.3, -0.25) is 0 Å². The van der Waals surface area contributed by atoms with Crippen LogP contribution in [0.2, 0.25) is 0 Å². The van der Waals surface area contributed by atoms with E-state index in [0.717, 1.165) is 4.68 Å². The summed E-state index contributed by atoms with van der Waals surface area (Å²) in [6.07, 6.45) is 2.50. The van der Waals surface area contributed by atoms with Crippen molar-refractivity contribution in [3.63, 3.8) is 0 Å². The summed E-state index contributed by atoms with van der Waals surface area (Å²) in [5.74, 6) is -1.11. The lowest BCUT2D eigenvalue weighted by Crippen LogP contribution is -2.22. The first-order chi connectivity index (χ1) is 7.24. The third-order valence-corrected chi connectivity index (χ3v) is 1.53. The molecule has 2 heterocycles. The SMILES string of the molecule is N#Cc1c(F)nnn1C(=O)n1ccnn1. The molecule has 9 heteroatoms. The van der Waals surface area contributed by atoms with Crippen molar-refractivity contribution in [3.05, 3.63) is 24.0 Å². The zero-order chi connectivity index (χ0) is 10.8. The molecule has 0 spiro atoms. The van der Waals surface area contributed by atoms with Crippen LogP contribution < -0.4 is 0 Å². The molecule has 2 aromatic heterocycles. The lowest BCUT2D eigenvalue weighted by Gasteiger charge is -1.97. The third kappa shape index (κ3) is 1.33. The summed E-state index contributed by atoms with van der Waals surface area (Å²) < 4.78 is 14.1. The van der Waals surface area contributed by atoms with Crippen molar-refractivity contribution in [2.45, 2.75) is 0 Å². The highest BCUT2D eigenvalue weighted by molar-refractivity contribution is 5.78. The predicted octanol–water partition coefficient (Wildman–Crippen LogP) is -0.603. The van der Waals surface area contributed by atoms with Gasteiger partial charge in [0.2, 0.25) is 5.69 Å². The van der Waals surface area contributed by atoms with Crippen LogP contribution in [0.1, 0.15) is 5.69 Å². The molecule has 2 aromatic rings. The molecule has 8 nitrogen and oxygen atoms in total. The fraction of sp³-hybridized carbons (Fsp3) is 0. The van der Waals surface area contributed by atoms with Crippen molar-refractivity contribution in [2.24, 2.45) is 0 Å². The molecule has 0 N–H and O–H groups in total. The van der Waals surface area contributed by atoms with Crippen LogP contribution in [0.5, 0.6) is 0 Å². The largest absolute Gasteiger partial charge is 0.373 e. The Labute approximate surface area is 81.5 Å². The van der Waals surface area contributed by atoms with E-state index in [1.165, 1.54) is 18.5 Å². The Morgan fingerprint density at radius 3 is 2.93 bits per heavy atom. The van der Waals surface area contributed by atoms with Gasteiger partial charge in [0, 0.05) is 0 Å². The second kappa shape index (κ2) is 3.26. The molecule has 0 atom stereocenters. The maximum Gasteiger partial charge on any atom is 0.373 e. The van der Waals surface area contributed by atoms with E-state index in [9.17, 15) is 9.18 Å². The molecule has 0 fully saturated rings. The second-order valence-corrected chi connectivity index (χ2v) is 2.38. The van der Waals surface area contributed by atoms with Gasteiger partial charge in [0.15, 0.2) is 0 Å². The van der Waals surface area contributed by atoms with Crippen molar-refractivity contribution in [3.8, 4) is 6.07 Å². The summed E-state index contributed by atoms with van der Waals surface area (Å²) in [6.45, 7) is 0. The van der Waals surface area contributed by atoms with Gasteiger partial charge in [-0.1, -0.05) is 15.5 Å². The minimum atomic E-state index is -1.11. The van der Waals surface area contributed by atoms with Crippen LogP contribution in [0.3, 0.4) is 0 Å². The smallest absolute Gasteiger partial charge is 0.243 e. The summed E-state index contributed by atoms with van der Waals surface area (Å²) in [5.41, 5.74) is -0.574. The van der Waals surface area contributed by atoms with Crippen LogP contribution >= 0.6 is 0 Å². The Morgan fingerprint density at radius 1 is 1.53 bits per heavy atom. The molecule has 0 bridgehead atoms. The van der Waals surface area contributed by atoms with Crippen molar-refractivity contribution in [2.75, 3.05) is 0 Å². The quantitative estimate of drug-likeness (QED) is 0.571. The van der Waals surface area contributed by atoms with Gasteiger partial charge in [0.1, 0.15) is 6.07 Å². The van der Waals surface area contributed by atoms with Crippen LogP contribution in [0, 0.1) is 17.3 Å². The van der Waals surface area contributed by atoms with Gasteiger partial charge in [-0.25, -0.2) is 4.79 Å². The first-order valence-corrected chi connectivity index (χ1v) is 3.66. The van der Waals surface area contributed by atoms with E-state index < -0.39 is 17.7 Å². The molecule has 15 heavy (non-hydrogen) atoms. The zero-order valence-electron chi connectivity index (χ0n) is 7.07. The van der Waals surface area contributed by atoms with E-state index in [1.807, 2.05) is 0 Å². The lowest BCUT2D eigenvalue weighted by molar-refractivity contribution is 0.237. The van der Waals surface area contributed by atoms with Crippen molar-refractivity contribution < 1.29 is 9.18 Å². The van der Waals surface area contributed by atoms with Gasteiger partial charge in [-0.15, -0.1) is 9.78 Å². The fourth-order valence-electron chi connectivity index (χ4n) is 0.898. The molecular weight excluding hydrogens is 205 g/mol. The molecule has 2 rings (SSSR count). The summed E-state index contributed by atoms with van der Waals surface area (Å²) in [4.78, 5) is 11.5. The van der Waals surface area contributed by atoms with Crippen LogP contribution in [-0.4, -0.2) is 36.0 Å². The minimum Gasteiger partial charge on any atom is -0.243 e. The second-order valence-electron chi connectivity index (χ2n) is 2.38. The van der Waals surface area contributed by atoms with E-state index in [0.29, 0.717) is 4.68 Å². The van der Waals surface area contributed by atoms with Gasteiger partial charge < -0.3 is 0 Å². The van der Waals surface area contributed by atoms with E-state index in [4.69, 9.17) is 5.26 Å². The third-order valence-electron chi connectivity index (χ3n) is 1.53. The molecule has 0 radical (unpaired) electrons. The van der Waals surface area contributed by atoms with Crippen LogP contribution in [0.25, 0.3) is 0 Å². The van der Waals surface area contributed by atoms with Gasteiger partial charge in [-0.2, -0.15) is 14.3 Å². The van der Waals surface area contributed by atoms with Crippen LogP contribution in [-0.2, 0) is 0 Å². The molecule has 0 amide bonds. The minimum absolute atomic E-state index is 0.504. The Kier molecular flexibility index (Phi) is 1.94. The Morgan fingerprint density at radius 2 is 2.33 bits per heavy atom. The fourth-order valence-corrected chi connectivity index (χ4v) is 0.898. The number of nitriles is 1. The highest BCUT2D eigenvalue weighted by Crippen LogP contribution is 2.01. The van der Waals surface area contributed by atoms with E-state index in [1.54, 1.807) is 0 Å². The molecule has 0 saturated carbocycles. The normalized spacial score (nSPS) is 9.87. The first kappa shape index (κ1) is 8.95. The Bertz CT molecular complexity index is 536. The summed E-state index contributed by atoms with van der Waals surface area (Å²) in [5, 5.41) is 21.4. The average Bonchev–Trinajstić information content (AvgIpc) is 2.85. The van der Waals surface area contributed by atoms with Crippen LogP contribution in [0.4, 0.5) is 9.18 Å². The summed E-state index contributed by atoms with van der Waals surface area (Å²) >= 11 is 0. The molecular formula is C6H2FN7O. The van der Waals surface area contributed by atoms with E-state index in [2.05, 4.69) is 20.6 Å². The average molecular weight is 207 g/mol. The number of aromatic nitrogens is 6. The van der Waals surface area contributed by atoms with E-state index >= 15 is 0 Å². The van der Waals surface area contributed by atoms with Gasteiger partial charge in [0.25, 0.3) is 5.95 Å². The van der Waals surface area contributed by atoms with Crippen molar-refractivity contribution >= 4 is 6.03 Å². The lowest BCUT2D eigenvalue weighted by atomic mass is 10.5. The highest BCUT2D eigenvalue weighted by atomic mass is 19.1. The monoisotopic (exact) mass is 207 g/mol. The van der Waals surface area contributed by atoms with E-state index in [-0.39, 0.29) is 0 Å². The molecule has 0 aromatic carbocycles. The van der Waals surface area contributed by atoms with Gasteiger partial charge in [0.05, 0.1) is 12.4 Å². The van der Waals surface area contributed by atoms with Gasteiger partial charge >= 0.3 is 6.03 Å². The van der Waals surface area contributed by atoms with Crippen molar-refractivity contribution in [1.29, 1.82) is 5.26 Å². The first-order valence-electron chi connectivity index (χ1n) is 3.66. The number of halogens is 1. The molecule has 74 valence electrons. The number of rotatable bonds is 0. The predicted molar refractivity (Wildman–Crippen MR) is 40.9 cm³/mol. The number of hydrogen-bond acceptors (Lipinski definition) is 6. The molecule has 0 aliphatic rings. The maximum absolute atomic E-state index is 12.8. The molecule has 0 aliphatic heterocycles. The standard InChI is InChI=1S/C6H2FN7O/c7-5-4(3-8)14(12-10-5)6(15)13-2-1-9-11-13/h1-2H. The summed E-state index contributed by atoms with van der Waals surface area (Å²) in [6, 6.07) is 0.634. The molecule has 0 aliphatic carbocycles. The van der Waals surface area contributed by atoms with Gasteiger partial charge in [-0.05, 0) is 0 Å². The maximum atomic E-state index is 12.8. The molecule has 0 saturated heterocycles. The topological polar surface area (TPSA) is 102 Å². The van der Waals surface area contributed by atoms with Crippen LogP contribution in [0.15, 0.2) is 12.4 Å². The summed E-state index contributed by atoms with van der Waals surface area (Å²) in [7, 11) is 0. The number of carbonyl (C=O) groups excluding carboxylic acids is 1.